The summed E-state index contributed by atoms with van der Waals surface area (Å²) in [5.41, 5.74) is 5.70. The second-order valence-corrected chi connectivity index (χ2v) is 23.8. The van der Waals surface area contributed by atoms with Gasteiger partial charge < -0.3 is 39.4 Å². The molecule has 3 N–H and O–H groups in total. The van der Waals surface area contributed by atoms with E-state index in [0.29, 0.717) is 66.0 Å². The Balaban J connectivity index is -0.000000601. The fourth-order valence-corrected chi connectivity index (χ4v) is 9.78. The molecule has 0 bridgehead atoms. The van der Waals surface area contributed by atoms with Gasteiger partial charge in [0, 0.05) is 165 Å². The molecule has 2 aromatic heterocycles. The van der Waals surface area contributed by atoms with Gasteiger partial charge in [-0.3, -0.25) is 9.59 Å². The third-order valence-electron chi connectivity index (χ3n) is 12.9. The fourth-order valence-electron chi connectivity index (χ4n) is 8.32. The third-order valence-corrected chi connectivity index (χ3v) is 14.9. The second-order valence-electron chi connectivity index (χ2n) is 21.2. The van der Waals surface area contributed by atoms with Crippen LogP contribution in [0.2, 0.25) is 0 Å². The van der Waals surface area contributed by atoms with Crippen LogP contribution >= 0.6 is 60.0 Å². The molecule has 0 saturated heterocycles. The maximum absolute atomic E-state index is 13.5. The van der Waals surface area contributed by atoms with Crippen LogP contribution in [0.5, 0.6) is 0 Å². The first-order chi connectivity index (χ1) is 49.6. The number of nitrogens with one attached hydrogen (secondary N) is 2. The SMILES string of the molecule is C=S.CC(=O)c1cc(F)ccc1Br.CC(F)(F)c1cc(F)cc2[nH]c(C(=O)O)cc12.CC(F)(F)c1cc(F)ccc1Br.CC(F)(F)c1cc(F)ccc1C=O.CCOC(=O)/C(=C\c1ccc(F)cc1C(C)(F)F)N=[N+]=[N-].CCOC(=O)c1cc2c(C(C)(F)F)cc(F)cc2[nH]1.N#Cc1cc(F)ccc1Br.[3H]C.[CH3-].[CH3-].[U].[V]. The van der Waals surface area contributed by atoms with Gasteiger partial charge in [0.05, 0.1) is 18.8 Å². The number of nitrogens with zero attached hydrogens (tertiary/aromatic N) is 4. The largest absolute Gasteiger partial charge is 0.477 e. The Labute approximate surface area is 688 Å². The van der Waals surface area contributed by atoms with Gasteiger partial charge in [-0.05, 0) is 181 Å². The monoisotopic (exact) mass is 2040 g/mol. The number of halogens is 20. The minimum Gasteiger partial charge on any atom is -0.477 e. The topological polar surface area (TPSA) is 228 Å². The van der Waals surface area contributed by atoms with Crippen LogP contribution in [0.3, 0.4) is 0 Å². The number of azide groups is 1. The molecule has 0 saturated carbocycles. The van der Waals surface area contributed by atoms with Gasteiger partial charge in [0.15, 0.2) is 12.1 Å². The van der Waals surface area contributed by atoms with Crippen LogP contribution in [0.15, 0.2) is 152 Å². The summed E-state index contributed by atoms with van der Waals surface area (Å²) in [5.74, 6) is -20.9. The molecule has 9 aromatic rings. The van der Waals surface area contributed by atoms with Crippen molar-refractivity contribution < 1.29 is 164 Å². The Hall–Kier alpha value is -8.11. The molecule has 2 heterocycles. The first kappa shape index (κ1) is 106. The number of alkyl halides is 10. The number of fused-ring (bicyclic) bond motifs is 2. The number of thiocarbonyl (C=S) groups is 1. The van der Waals surface area contributed by atoms with Gasteiger partial charge in [-0.1, -0.05) is 62.7 Å². The molecule has 0 atom stereocenters. The summed E-state index contributed by atoms with van der Waals surface area (Å²) in [5, 5.41) is 20.4. The van der Waals surface area contributed by atoms with Crippen molar-refractivity contribution in [2.45, 2.75) is 92.4 Å². The molecule has 110 heavy (non-hydrogen) atoms. The molecule has 7 aromatic carbocycles. The molecule has 0 aliphatic rings. The number of hydrogen-bond donors (Lipinski definition) is 3. The smallest absolute Gasteiger partial charge is 0.354 e. The zero-order valence-corrected chi connectivity index (χ0v) is 70.5. The maximum Gasteiger partial charge on any atom is 0.354 e. The number of Topliss-reactive ketones (excluding diaryl/α,β-unsaturated/α-hetero) is 1. The zero-order chi connectivity index (χ0) is 82.4. The Kier molecular flexibility index (Phi) is 46.9. The summed E-state index contributed by atoms with van der Waals surface area (Å²) in [7, 11) is 1.25. The summed E-state index contributed by atoms with van der Waals surface area (Å²) in [6.45, 7) is 8.02. The molecule has 9 rings (SSSR count). The average Bonchev–Trinajstić information content (AvgIpc) is 1.66. The normalized spacial score (nSPS) is 10.7. The molecule has 37 heteroatoms. The van der Waals surface area contributed by atoms with E-state index >= 15 is 0 Å². The van der Waals surface area contributed by atoms with E-state index in [2.05, 4.69) is 90.6 Å². The molecule has 14 nitrogen and oxygen atoms in total. The number of H-pyrrole nitrogens is 2. The minimum atomic E-state index is -3.33. The number of carboxylic acids is 1. The molecular weight excluding hydrogens is 1970 g/mol. The van der Waals surface area contributed by atoms with Crippen molar-refractivity contribution in [3.8, 4) is 6.07 Å². The predicted octanol–water partition coefficient (Wildman–Crippen LogP) is 24.7. The van der Waals surface area contributed by atoms with Crippen molar-refractivity contribution in [2.24, 2.45) is 5.11 Å². The van der Waals surface area contributed by atoms with E-state index in [1.165, 1.54) is 69.8 Å². The minimum absolute atomic E-state index is 0. The van der Waals surface area contributed by atoms with E-state index < -0.39 is 110 Å². The van der Waals surface area contributed by atoms with Crippen LogP contribution in [-0.2, 0) is 62.4 Å². The summed E-state index contributed by atoms with van der Waals surface area (Å²) in [6, 6.07) is 24.3. The van der Waals surface area contributed by atoms with Crippen LogP contribution in [0.4, 0.5) is 74.6 Å². The van der Waals surface area contributed by atoms with Crippen LogP contribution in [-0.4, -0.2) is 64.1 Å². The Morgan fingerprint density at radius 1 is 0.573 bits per heavy atom. The van der Waals surface area contributed by atoms with E-state index in [1.807, 2.05) is 6.07 Å². The van der Waals surface area contributed by atoms with Crippen molar-refractivity contribution in [1.82, 2.24) is 9.97 Å². The van der Waals surface area contributed by atoms with Gasteiger partial charge in [-0.25, -0.2) is 89.0 Å². The summed E-state index contributed by atoms with van der Waals surface area (Å²) in [4.78, 5) is 62.3. The number of aldehydes is 1. The molecule has 1 radical (unpaired) electrons. The van der Waals surface area contributed by atoms with Crippen LogP contribution in [0.25, 0.3) is 38.3 Å². The zero-order valence-electron chi connectivity index (χ0n) is 60.4. The number of aromatic nitrogens is 2. The number of esters is 2. The number of benzene rings is 7. The van der Waals surface area contributed by atoms with Gasteiger partial charge in [-0.2, -0.15) is 5.26 Å². The molecule has 593 valence electrons. The number of nitriles is 1. The molecule has 0 spiro atoms. The Morgan fingerprint density at radius 2 is 0.927 bits per heavy atom. The number of hydrogen-bond acceptors (Lipinski definition) is 10. The summed E-state index contributed by atoms with van der Waals surface area (Å²) in [6.07, 6.45) is 1.22. The van der Waals surface area contributed by atoms with Crippen LogP contribution in [0.1, 0.15) is 145 Å². The van der Waals surface area contributed by atoms with Gasteiger partial charge in [0.2, 0.25) is 0 Å². The number of aromatic carboxylic acids is 1. The number of rotatable bonds is 14. The summed E-state index contributed by atoms with van der Waals surface area (Å²) < 4.78 is 237. The van der Waals surface area contributed by atoms with Gasteiger partial charge >= 0.3 is 17.9 Å². The third kappa shape index (κ3) is 34.7. The first-order valence-corrected chi connectivity index (χ1v) is 32.1. The van der Waals surface area contributed by atoms with Gasteiger partial charge in [0.25, 0.3) is 29.6 Å². The quantitative estimate of drug-likeness (QED) is 0.00891. The number of carbonyl (C=O) groups is 5. The second kappa shape index (κ2) is 48.6. The van der Waals surface area contributed by atoms with Crippen molar-refractivity contribution in [3.63, 3.8) is 0 Å². The van der Waals surface area contributed by atoms with Crippen molar-refractivity contribution in [1.29, 1.82) is 5.26 Å². The van der Waals surface area contributed by atoms with E-state index in [4.69, 9.17) is 22.0 Å². The Morgan fingerprint density at radius 3 is 1.29 bits per heavy atom. The number of aromatic amines is 2. The fraction of sp³-hybridized carbons (Fsp3) is 0.219. The number of carbonyl (C=O) groups excluding carboxylic acids is 4. The maximum atomic E-state index is 13.5. The molecule has 0 fully saturated rings. The molecule has 0 amide bonds. The van der Waals surface area contributed by atoms with Gasteiger partial charge in [-0.15, -0.1) is 0 Å². The number of ether oxygens (including phenoxy) is 2. The van der Waals surface area contributed by atoms with E-state index in [0.717, 1.165) is 73.7 Å². The van der Waals surface area contributed by atoms with E-state index in [1.54, 1.807) is 6.92 Å². The van der Waals surface area contributed by atoms with Gasteiger partial charge in [0.1, 0.15) is 63.9 Å². The summed E-state index contributed by atoms with van der Waals surface area (Å²) >= 11 is 13.0. The predicted molar refractivity (Wildman–Crippen MR) is 391 cm³/mol. The van der Waals surface area contributed by atoms with E-state index in [9.17, 15) is 98.6 Å². The average molecular weight is 2040 g/mol. The molecular formula is C73H66Br3F17N6O8SUV-2. The Bertz CT molecular complexity index is 4720. The molecule has 0 aliphatic carbocycles. The van der Waals surface area contributed by atoms with Crippen LogP contribution in [0, 0.1) is 98.0 Å². The first-order valence-electron chi connectivity index (χ1n) is 30.1. The van der Waals surface area contributed by atoms with Crippen LogP contribution < -0.4 is 0 Å². The van der Waals surface area contributed by atoms with E-state index in [-0.39, 0.29) is 150 Å². The number of carboxylic acid groups (broad SMARTS) is 1. The standard InChI is InChI=1S/C13H12F3N3O2.C13H12F3NO2.C11H8F3NO2.C9H7F3O.C8H6BrF3.C8H6BrFO.C7H3BrFN.CH2S.CH4.2CH3.U.V/c1-3-21-12(20)11(18-19-17)6-8-4-5-9(14)7-10(8)13(2,15)16;1-3-19-12(18)11-6-8-9(13(2,15)16)4-7(14)5-10(8)17-11;1-11(13,14)7-2-5(12)3-8-6(7)4-9(15-8)10(16)17;1-9(11,12)8-4-7(10)3-2-6(8)5-13;1-8(11,12)6-4-5(10)2-3-7(6)9;1-5(11)7-4-6(10)2-3-8(7)9;8-7-2-1-6(9)3-5(7)4-10;1-2;;;;;/h4-7H,3H2,1-2H3;4-6,17H,3H2,1-2H3;2-4,15H,1H3,(H,16,17);2-5H,1H3;2-4H,1H3;2-4H,1H3;1-3H;1H2;1H4;2*1H3;;/q;;;;;;;;;2*-1;;/b11-6+;;;;;;;;;;;;/i;;;;;;;;1T;;;;. The molecule has 0 aliphatic heterocycles. The van der Waals surface area contributed by atoms with Crippen molar-refractivity contribution in [2.75, 3.05) is 13.2 Å². The number of ketones is 1. The van der Waals surface area contributed by atoms with Crippen molar-refractivity contribution >= 4 is 124 Å². The van der Waals surface area contributed by atoms with Crippen molar-refractivity contribution in [3.05, 3.63) is 274 Å². The molecule has 0 unspecified atom stereocenters.